The van der Waals surface area contributed by atoms with E-state index < -0.39 is 60.7 Å². The van der Waals surface area contributed by atoms with E-state index in [9.17, 15) is 44.7 Å². The van der Waals surface area contributed by atoms with Crippen LogP contribution in [0.4, 0.5) is 35.1 Å². The molecule has 0 saturated heterocycles. The SMILES string of the molecule is O=C(/C=C/C(=O)OC(C1CCCCC1)C(F)(F)C(F)F)OC(C1CCCCC1)C(F)(F)C(F)F. The monoisotopic (exact) mass is 508 g/mol. The molecule has 0 aromatic carbocycles. The van der Waals surface area contributed by atoms with Crippen molar-refractivity contribution in [2.75, 3.05) is 0 Å². The molecule has 0 aromatic rings. The summed E-state index contributed by atoms with van der Waals surface area (Å²) in [7, 11) is 0. The molecule has 12 heteroatoms. The minimum Gasteiger partial charge on any atom is -0.452 e. The highest BCUT2D eigenvalue weighted by atomic mass is 19.3. The van der Waals surface area contributed by atoms with Crippen molar-refractivity contribution in [2.45, 2.75) is 101 Å². The van der Waals surface area contributed by atoms with Crippen LogP contribution in [0, 0.1) is 11.8 Å². The molecule has 2 atom stereocenters. The lowest BCUT2D eigenvalue weighted by Crippen LogP contribution is -2.48. The Hall–Kier alpha value is -1.88. The number of carbonyl (C=O) groups is 2. The van der Waals surface area contributed by atoms with Gasteiger partial charge in [-0.3, -0.25) is 0 Å². The van der Waals surface area contributed by atoms with Crippen LogP contribution < -0.4 is 0 Å². The van der Waals surface area contributed by atoms with Crippen LogP contribution in [-0.4, -0.2) is 48.8 Å². The van der Waals surface area contributed by atoms with Gasteiger partial charge in [-0.05, 0) is 25.7 Å². The van der Waals surface area contributed by atoms with E-state index in [4.69, 9.17) is 0 Å². The van der Waals surface area contributed by atoms with Gasteiger partial charge in [-0.15, -0.1) is 0 Å². The third-order valence-corrected chi connectivity index (χ3v) is 6.34. The number of rotatable bonds is 10. The average molecular weight is 508 g/mol. The summed E-state index contributed by atoms with van der Waals surface area (Å²) in [6, 6.07) is 0. The smallest absolute Gasteiger partial charge is 0.343 e. The molecule has 0 radical (unpaired) electrons. The van der Waals surface area contributed by atoms with E-state index in [0.29, 0.717) is 38.5 Å². The van der Waals surface area contributed by atoms with Crippen molar-refractivity contribution in [3.05, 3.63) is 12.2 Å². The van der Waals surface area contributed by atoms with Crippen molar-refractivity contribution in [3.8, 4) is 0 Å². The highest BCUT2D eigenvalue weighted by Gasteiger charge is 2.55. The summed E-state index contributed by atoms with van der Waals surface area (Å²) in [6.07, 6.45) is -8.61. The summed E-state index contributed by atoms with van der Waals surface area (Å²) >= 11 is 0. The van der Waals surface area contributed by atoms with Crippen LogP contribution in [0.2, 0.25) is 0 Å². The number of carbonyl (C=O) groups excluding carboxylic acids is 2. The van der Waals surface area contributed by atoms with Crippen molar-refractivity contribution in [1.82, 2.24) is 0 Å². The van der Waals surface area contributed by atoms with E-state index in [1.165, 1.54) is 0 Å². The Morgan fingerprint density at radius 3 is 1.18 bits per heavy atom. The molecule has 2 aliphatic carbocycles. The van der Waals surface area contributed by atoms with E-state index in [1.807, 2.05) is 0 Å². The van der Waals surface area contributed by atoms with E-state index in [-0.39, 0.29) is 37.8 Å². The molecule has 2 saturated carbocycles. The zero-order chi connectivity index (χ0) is 25.5. The number of hydrogen-bond acceptors (Lipinski definition) is 4. The minimum atomic E-state index is -4.64. The van der Waals surface area contributed by atoms with Gasteiger partial charge in [-0.2, -0.15) is 17.6 Å². The molecule has 0 aromatic heterocycles. The fourth-order valence-electron chi connectivity index (χ4n) is 4.57. The number of ether oxygens (including phenoxy) is 2. The molecule has 0 aliphatic heterocycles. The quantitative estimate of drug-likeness (QED) is 0.197. The first kappa shape index (κ1) is 28.4. The zero-order valence-corrected chi connectivity index (χ0v) is 18.3. The highest BCUT2D eigenvalue weighted by Crippen LogP contribution is 2.40. The Balaban J connectivity index is 2.08. The van der Waals surface area contributed by atoms with Gasteiger partial charge < -0.3 is 9.47 Å². The van der Waals surface area contributed by atoms with E-state index in [2.05, 4.69) is 9.47 Å². The number of alkyl halides is 8. The summed E-state index contributed by atoms with van der Waals surface area (Å²) in [5, 5.41) is 0. The van der Waals surface area contributed by atoms with Crippen molar-refractivity contribution in [1.29, 1.82) is 0 Å². The maximum absolute atomic E-state index is 14.0. The van der Waals surface area contributed by atoms with Gasteiger partial charge >= 0.3 is 36.6 Å². The predicted octanol–water partition coefficient (Wildman–Crippen LogP) is 6.33. The Kier molecular flexibility index (Phi) is 10.2. The molecule has 196 valence electrons. The van der Waals surface area contributed by atoms with Crippen molar-refractivity contribution in [3.63, 3.8) is 0 Å². The van der Waals surface area contributed by atoms with E-state index in [1.54, 1.807) is 0 Å². The molecule has 2 fully saturated rings. The lowest BCUT2D eigenvalue weighted by atomic mass is 9.83. The second-order valence-electron chi connectivity index (χ2n) is 8.79. The highest BCUT2D eigenvalue weighted by molar-refractivity contribution is 5.91. The van der Waals surface area contributed by atoms with Gasteiger partial charge in [0.2, 0.25) is 0 Å². The van der Waals surface area contributed by atoms with Gasteiger partial charge in [0, 0.05) is 24.0 Å². The lowest BCUT2D eigenvalue weighted by Gasteiger charge is -2.34. The second kappa shape index (κ2) is 12.2. The Bertz CT molecular complexity index is 643. The second-order valence-corrected chi connectivity index (χ2v) is 8.79. The molecular formula is C22H28F8O4. The number of halogens is 8. The number of hydrogen-bond donors (Lipinski definition) is 0. The average Bonchev–Trinajstić information content (AvgIpc) is 2.80. The van der Waals surface area contributed by atoms with E-state index in [0.717, 1.165) is 0 Å². The number of esters is 2. The fraction of sp³-hybridized carbons (Fsp3) is 0.818. The molecular weight excluding hydrogens is 480 g/mol. The Labute approximate surface area is 192 Å². The third-order valence-electron chi connectivity index (χ3n) is 6.34. The molecule has 2 unspecified atom stereocenters. The van der Waals surface area contributed by atoms with Crippen molar-refractivity contribution >= 4 is 11.9 Å². The van der Waals surface area contributed by atoms with Crippen LogP contribution >= 0.6 is 0 Å². The summed E-state index contributed by atoms with van der Waals surface area (Å²) in [5.41, 5.74) is 0. The first-order valence-corrected chi connectivity index (χ1v) is 11.3. The zero-order valence-electron chi connectivity index (χ0n) is 18.3. The summed E-state index contributed by atoms with van der Waals surface area (Å²) in [4.78, 5) is 24.0. The third kappa shape index (κ3) is 7.31. The molecule has 0 N–H and O–H groups in total. The standard InChI is InChI=1S/C22H28F8O4/c23-19(24)21(27,28)17(13-7-3-1-4-8-13)33-15(31)11-12-16(32)34-18(22(29,30)20(25)26)14-9-5-2-6-10-14/h11-14,17-20H,1-10H2/b12-11+. The first-order chi connectivity index (χ1) is 15.9. The van der Waals surface area contributed by atoms with Gasteiger partial charge in [0.15, 0.2) is 12.2 Å². The molecule has 0 heterocycles. The van der Waals surface area contributed by atoms with Gasteiger partial charge in [-0.1, -0.05) is 38.5 Å². The molecule has 2 rings (SSSR count). The molecule has 34 heavy (non-hydrogen) atoms. The summed E-state index contributed by atoms with van der Waals surface area (Å²) in [5.74, 6) is -14.5. The summed E-state index contributed by atoms with van der Waals surface area (Å²) in [6.45, 7) is 0. The van der Waals surface area contributed by atoms with E-state index >= 15 is 0 Å². The molecule has 0 bridgehead atoms. The van der Waals surface area contributed by atoms with Gasteiger partial charge in [0.1, 0.15) is 0 Å². The molecule has 2 aliphatic rings. The minimum absolute atomic E-state index is 0.137. The van der Waals surface area contributed by atoms with Crippen LogP contribution in [0.25, 0.3) is 0 Å². The van der Waals surface area contributed by atoms with Crippen LogP contribution in [0.3, 0.4) is 0 Å². The normalized spacial score (nSPS) is 21.1. The van der Waals surface area contributed by atoms with Crippen molar-refractivity contribution < 1.29 is 54.2 Å². The van der Waals surface area contributed by atoms with Crippen LogP contribution in [0.5, 0.6) is 0 Å². The van der Waals surface area contributed by atoms with Crippen LogP contribution in [-0.2, 0) is 19.1 Å². The molecule has 0 amide bonds. The fourth-order valence-corrected chi connectivity index (χ4v) is 4.57. The van der Waals surface area contributed by atoms with Gasteiger partial charge in [0.25, 0.3) is 0 Å². The topological polar surface area (TPSA) is 52.6 Å². The van der Waals surface area contributed by atoms with Gasteiger partial charge in [-0.25, -0.2) is 27.2 Å². The first-order valence-electron chi connectivity index (χ1n) is 11.3. The Morgan fingerprint density at radius 2 is 0.912 bits per heavy atom. The molecule has 4 nitrogen and oxygen atoms in total. The maximum Gasteiger partial charge on any atom is 0.343 e. The Morgan fingerprint density at radius 1 is 0.618 bits per heavy atom. The summed E-state index contributed by atoms with van der Waals surface area (Å²) < 4.78 is 117. The van der Waals surface area contributed by atoms with Crippen LogP contribution in [0.15, 0.2) is 12.2 Å². The lowest BCUT2D eigenvalue weighted by molar-refractivity contribution is -0.222. The predicted molar refractivity (Wildman–Crippen MR) is 104 cm³/mol. The largest absolute Gasteiger partial charge is 0.452 e. The molecule has 0 spiro atoms. The van der Waals surface area contributed by atoms with Crippen LogP contribution in [0.1, 0.15) is 64.2 Å². The maximum atomic E-state index is 14.0. The van der Waals surface area contributed by atoms with Crippen molar-refractivity contribution in [2.24, 2.45) is 11.8 Å². The van der Waals surface area contributed by atoms with Gasteiger partial charge in [0.05, 0.1) is 0 Å².